The van der Waals surface area contributed by atoms with E-state index >= 15 is 0 Å². The van der Waals surface area contributed by atoms with Crippen molar-refractivity contribution < 1.29 is 9.90 Å². The smallest absolute Gasteiger partial charge is 0.321 e. The summed E-state index contributed by atoms with van der Waals surface area (Å²) in [7, 11) is 0. The van der Waals surface area contributed by atoms with Gasteiger partial charge in [0.25, 0.3) is 0 Å². The van der Waals surface area contributed by atoms with Crippen molar-refractivity contribution in [3.63, 3.8) is 0 Å². The highest BCUT2D eigenvalue weighted by molar-refractivity contribution is 5.87. The highest BCUT2D eigenvalue weighted by Gasteiger charge is 2.22. The van der Waals surface area contributed by atoms with E-state index in [0.29, 0.717) is 0 Å². The van der Waals surface area contributed by atoms with Gasteiger partial charge in [-0.05, 0) is 16.3 Å². The number of carbonyl (C=O) groups is 1. The molecule has 3 N–H and O–H groups in total. The van der Waals surface area contributed by atoms with E-state index < -0.39 is 12.0 Å². The van der Waals surface area contributed by atoms with Crippen LogP contribution in [0, 0.1) is 0 Å². The molecule has 0 radical (unpaired) electrons. The summed E-state index contributed by atoms with van der Waals surface area (Å²) in [5.74, 6) is -1.18. The minimum absolute atomic E-state index is 0.210. The second-order valence-electron chi connectivity index (χ2n) is 4.22. The van der Waals surface area contributed by atoms with Crippen LogP contribution in [0.15, 0.2) is 42.5 Å². The minimum Gasteiger partial charge on any atom is -0.480 e. The minimum atomic E-state index is -0.967. The van der Waals surface area contributed by atoms with Gasteiger partial charge in [0.2, 0.25) is 0 Å². The summed E-state index contributed by atoms with van der Waals surface area (Å²) >= 11 is 0. The second kappa shape index (κ2) is 4.55. The fourth-order valence-corrected chi connectivity index (χ4v) is 2.05. The average Bonchev–Trinajstić information content (AvgIpc) is 2.36. The lowest BCUT2D eigenvalue weighted by Gasteiger charge is -2.18. The molecule has 2 aromatic rings. The molecule has 0 spiro atoms. The molecular weight excluding hydrogens is 214 g/mol. The Morgan fingerprint density at radius 3 is 2.53 bits per heavy atom. The summed E-state index contributed by atoms with van der Waals surface area (Å²) in [5, 5.41) is 11.1. The third kappa shape index (κ3) is 2.15. The van der Waals surface area contributed by atoms with Crippen LogP contribution in [0.1, 0.15) is 18.4 Å². The van der Waals surface area contributed by atoms with Crippen molar-refractivity contribution in [2.24, 2.45) is 5.73 Å². The Hall–Kier alpha value is -1.87. The molecule has 0 aliphatic carbocycles. The summed E-state index contributed by atoms with van der Waals surface area (Å²) in [6.07, 6.45) is 0. The number of aliphatic carboxylic acids is 1. The number of carboxylic acids is 1. The van der Waals surface area contributed by atoms with Crippen LogP contribution in [-0.2, 0) is 4.79 Å². The molecule has 0 aliphatic rings. The lowest BCUT2D eigenvalue weighted by molar-refractivity contribution is -0.138. The van der Waals surface area contributed by atoms with E-state index in [1.54, 1.807) is 0 Å². The highest BCUT2D eigenvalue weighted by Crippen LogP contribution is 2.27. The van der Waals surface area contributed by atoms with E-state index in [2.05, 4.69) is 0 Å². The van der Waals surface area contributed by atoms with Crippen molar-refractivity contribution >= 4 is 16.7 Å². The first kappa shape index (κ1) is 11.6. The SMILES string of the molecule is C[C@@H](c1cccc2ccccc12)[C@H](N)C(=O)O. The Bertz CT molecular complexity index is 545. The molecular formula is C14H15NO2. The van der Waals surface area contributed by atoms with Gasteiger partial charge in [-0.3, -0.25) is 4.79 Å². The van der Waals surface area contributed by atoms with Gasteiger partial charge in [-0.15, -0.1) is 0 Å². The maximum absolute atomic E-state index is 10.9. The Labute approximate surface area is 99.9 Å². The largest absolute Gasteiger partial charge is 0.480 e. The van der Waals surface area contributed by atoms with Gasteiger partial charge in [-0.25, -0.2) is 0 Å². The summed E-state index contributed by atoms with van der Waals surface area (Å²) in [6.45, 7) is 1.85. The first-order valence-electron chi connectivity index (χ1n) is 5.57. The predicted molar refractivity (Wildman–Crippen MR) is 68.0 cm³/mol. The molecule has 0 aromatic heterocycles. The van der Waals surface area contributed by atoms with Gasteiger partial charge in [0.05, 0.1) is 0 Å². The number of benzene rings is 2. The maximum Gasteiger partial charge on any atom is 0.321 e. The zero-order valence-corrected chi connectivity index (χ0v) is 9.63. The van der Waals surface area contributed by atoms with Gasteiger partial charge in [-0.2, -0.15) is 0 Å². The van der Waals surface area contributed by atoms with E-state index in [-0.39, 0.29) is 5.92 Å². The van der Waals surface area contributed by atoms with Crippen molar-refractivity contribution in [1.82, 2.24) is 0 Å². The number of nitrogens with two attached hydrogens (primary N) is 1. The van der Waals surface area contributed by atoms with Crippen molar-refractivity contribution in [3.8, 4) is 0 Å². The number of hydrogen-bond acceptors (Lipinski definition) is 2. The molecule has 2 aromatic carbocycles. The molecule has 17 heavy (non-hydrogen) atoms. The van der Waals surface area contributed by atoms with E-state index in [1.807, 2.05) is 49.4 Å². The maximum atomic E-state index is 10.9. The van der Waals surface area contributed by atoms with Gasteiger partial charge in [-0.1, -0.05) is 49.4 Å². The summed E-state index contributed by atoms with van der Waals surface area (Å²) in [6, 6.07) is 12.9. The van der Waals surface area contributed by atoms with E-state index in [1.165, 1.54) is 0 Å². The fraction of sp³-hybridized carbons (Fsp3) is 0.214. The number of rotatable bonds is 3. The van der Waals surface area contributed by atoms with Gasteiger partial charge in [0.15, 0.2) is 0 Å². The van der Waals surface area contributed by atoms with Crippen LogP contribution in [0.5, 0.6) is 0 Å². The standard InChI is InChI=1S/C14H15NO2/c1-9(13(15)14(16)17)11-8-4-6-10-5-2-3-7-12(10)11/h2-9,13H,15H2,1H3,(H,16,17)/t9-,13-/m0/s1. The third-order valence-corrected chi connectivity index (χ3v) is 3.14. The van der Waals surface area contributed by atoms with Crippen LogP contribution in [0.4, 0.5) is 0 Å². The van der Waals surface area contributed by atoms with Crippen LogP contribution in [0.3, 0.4) is 0 Å². The van der Waals surface area contributed by atoms with Crippen molar-refractivity contribution in [1.29, 1.82) is 0 Å². The number of hydrogen-bond donors (Lipinski definition) is 2. The van der Waals surface area contributed by atoms with Crippen molar-refractivity contribution in [2.75, 3.05) is 0 Å². The molecule has 0 saturated heterocycles. The average molecular weight is 229 g/mol. The van der Waals surface area contributed by atoms with Crippen LogP contribution in [0.2, 0.25) is 0 Å². The molecule has 2 rings (SSSR count). The van der Waals surface area contributed by atoms with Crippen LogP contribution in [0.25, 0.3) is 10.8 Å². The van der Waals surface area contributed by atoms with E-state index in [4.69, 9.17) is 10.8 Å². The van der Waals surface area contributed by atoms with Crippen LogP contribution >= 0.6 is 0 Å². The summed E-state index contributed by atoms with van der Waals surface area (Å²) in [5.41, 5.74) is 6.67. The first-order valence-corrected chi connectivity index (χ1v) is 5.57. The molecule has 88 valence electrons. The molecule has 0 saturated carbocycles. The number of fused-ring (bicyclic) bond motifs is 1. The van der Waals surface area contributed by atoms with Gasteiger partial charge < -0.3 is 10.8 Å². The van der Waals surface area contributed by atoms with Crippen LogP contribution in [-0.4, -0.2) is 17.1 Å². The first-order chi connectivity index (χ1) is 8.11. The quantitative estimate of drug-likeness (QED) is 0.849. The Morgan fingerprint density at radius 1 is 1.18 bits per heavy atom. The molecule has 0 fully saturated rings. The zero-order valence-electron chi connectivity index (χ0n) is 9.63. The summed E-state index contributed by atoms with van der Waals surface area (Å²) < 4.78 is 0. The summed E-state index contributed by atoms with van der Waals surface area (Å²) in [4.78, 5) is 10.9. The third-order valence-electron chi connectivity index (χ3n) is 3.14. The molecule has 2 atom stereocenters. The predicted octanol–water partition coefficient (Wildman–Crippen LogP) is 2.36. The topological polar surface area (TPSA) is 63.3 Å². The lowest BCUT2D eigenvalue weighted by atomic mass is 9.90. The Balaban J connectivity index is 2.52. The Kier molecular flexibility index (Phi) is 3.11. The molecule has 3 heteroatoms. The van der Waals surface area contributed by atoms with Crippen LogP contribution < -0.4 is 5.73 Å². The molecule has 3 nitrogen and oxygen atoms in total. The number of carboxylic acid groups (broad SMARTS) is 1. The molecule has 0 heterocycles. The van der Waals surface area contributed by atoms with Crippen molar-refractivity contribution in [2.45, 2.75) is 18.9 Å². The monoisotopic (exact) mass is 229 g/mol. The normalized spacial score (nSPS) is 14.5. The molecule has 0 bridgehead atoms. The molecule has 0 aliphatic heterocycles. The van der Waals surface area contributed by atoms with E-state index in [9.17, 15) is 4.79 Å². The fourth-order valence-electron chi connectivity index (χ4n) is 2.05. The lowest BCUT2D eigenvalue weighted by Crippen LogP contribution is -2.35. The van der Waals surface area contributed by atoms with Gasteiger partial charge in [0.1, 0.15) is 6.04 Å². The van der Waals surface area contributed by atoms with Gasteiger partial charge in [0, 0.05) is 5.92 Å². The Morgan fingerprint density at radius 2 is 1.82 bits per heavy atom. The second-order valence-corrected chi connectivity index (χ2v) is 4.22. The van der Waals surface area contributed by atoms with E-state index in [0.717, 1.165) is 16.3 Å². The van der Waals surface area contributed by atoms with Gasteiger partial charge >= 0.3 is 5.97 Å². The molecule has 0 amide bonds. The highest BCUT2D eigenvalue weighted by atomic mass is 16.4. The van der Waals surface area contributed by atoms with Crippen molar-refractivity contribution in [3.05, 3.63) is 48.0 Å². The molecule has 0 unspecified atom stereocenters. The zero-order chi connectivity index (χ0) is 12.4.